The first kappa shape index (κ1) is 18.6. The molecule has 0 bridgehead atoms. The molecule has 1 aliphatic heterocycles. The molecular formula is C21H28N2O3. The molecule has 140 valence electrons. The molecule has 1 aliphatic rings. The van der Waals surface area contributed by atoms with Crippen molar-refractivity contribution in [1.29, 1.82) is 0 Å². The fourth-order valence-corrected chi connectivity index (χ4v) is 3.56. The number of carbonyl (C=O) groups is 1. The fraction of sp³-hybridized carbons (Fsp3) is 0.524. The Hall–Kier alpha value is -2.14. The largest absolute Gasteiger partial charge is 0.487 e. The van der Waals surface area contributed by atoms with Crippen LogP contribution < -0.4 is 4.74 Å². The summed E-state index contributed by atoms with van der Waals surface area (Å²) in [5.74, 6) is 0.157. The number of benzene rings is 1. The van der Waals surface area contributed by atoms with Gasteiger partial charge in [0.1, 0.15) is 17.4 Å². The average Bonchev–Trinajstić information content (AvgIpc) is 3.07. The Bertz CT molecular complexity index is 747. The van der Waals surface area contributed by atoms with E-state index in [2.05, 4.69) is 35.0 Å². The summed E-state index contributed by atoms with van der Waals surface area (Å²) in [7, 11) is 0. The first-order valence-electron chi connectivity index (χ1n) is 9.64. The number of ether oxygens (including phenoxy) is 1. The molecule has 0 amide bonds. The van der Waals surface area contributed by atoms with Crippen molar-refractivity contribution in [1.82, 2.24) is 9.88 Å². The minimum Gasteiger partial charge on any atom is -0.487 e. The molecule has 26 heavy (non-hydrogen) atoms. The molecule has 1 saturated heterocycles. The van der Waals surface area contributed by atoms with Crippen molar-refractivity contribution in [3.05, 3.63) is 36.0 Å². The number of aryl methyl sites for hydroxylation is 1. The van der Waals surface area contributed by atoms with Crippen LogP contribution in [0.15, 0.2) is 30.5 Å². The highest BCUT2D eigenvalue weighted by atomic mass is 16.5. The number of aromatic nitrogens is 1. The van der Waals surface area contributed by atoms with Crippen LogP contribution in [-0.4, -0.2) is 46.7 Å². The minimum absolute atomic E-state index is 0.145. The standard InChI is InChI=1S/C21H28N2O3/c1-2-3-6-16-13-17-7-4-10-22-21(17)19(14-16)26-18-9-12-23(15-18)11-5-8-20(24)25/h4,7,10,13-14,18H,2-3,5-6,8-9,11-12,15H2,1H3,(H,24,25)/t18-/m1/s1. The van der Waals surface area contributed by atoms with E-state index in [1.165, 1.54) is 18.4 Å². The van der Waals surface area contributed by atoms with Crippen LogP contribution in [0.1, 0.15) is 44.6 Å². The molecule has 2 heterocycles. The molecule has 1 N–H and O–H groups in total. The Morgan fingerprint density at radius 3 is 3.08 bits per heavy atom. The van der Waals surface area contributed by atoms with Gasteiger partial charge in [-0.25, -0.2) is 0 Å². The van der Waals surface area contributed by atoms with Crippen LogP contribution in [0, 0.1) is 0 Å². The first-order chi connectivity index (χ1) is 12.7. The lowest BCUT2D eigenvalue weighted by molar-refractivity contribution is -0.137. The van der Waals surface area contributed by atoms with E-state index in [1.807, 2.05) is 12.3 Å². The third-order valence-electron chi connectivity index (χ3n) is 4.94. The molecule has 1 aromatic heterocycles. The predicted molar refractivity (Wildman–Crippen MR) is 103 cm³/mol. The molecule has 0 spiro atoms. The zero-order valence-corrected chi connectivity index (χ0v) is 15.5. The topological polar surface area (TPSA) is 62.7 Å². The number of pyridine rings is 1. The molecule has 1 fully saturated rings. The molecule has 0 aliphatic carbocycles. The number of nitrogens with zero attached hydrogens (tertiary/aromatic N) is 2. The van der Waals surface area contributed by atoms with E-state index in [0.29, 0.717) is 6.42 Å². The second-order valence-electron chi connectivity index (χ2n) is 7.10. The molecule has 0 saturated carbocycles. The lowest BCUT2D eigenvalue weighted by atomic mass is 10.0. The van der Waals surface area contributed by atoms with E-state index in [9.17, 15) is 4.79 Å². The minimum atomic E-state index is -0.724. The molecule has 0 radical (unpaired) electrons. The third-order valence-corrected chi connectivity index (χ3v) is 4.94. The van der Waals surface area contributed by atoms with Gasteiger partial charge in [0, 0.05) is 31.1 Å². The van der Waals surface area contributed by atoms with Crippen molar-refractivity contribution in [3.63, 3.8) is 0 Å². The lowest BCUT2D eigenvalue weighted by Gasteiger charge is -2.18. The maximum absolute atomic E-state index is 10.7. The van der Waals surface area contributed by atoms with Gasteiger partial charge in [0.05, 0.1) is 0 Å². The molecule has 5 nitrogen and oxygen atoms in total. The van der Waals surface area contributed by atoms with Gasteiger partial charge in [-0.2, -0.15) is 0 Å². The zero-order valence-electron chi connectivity index (χ0n) is 15.5. The van der Waals surface area contributed by atoms with Crippen LogP contribution in [-0.2, 0) is 11.2 Å². The molecular weight excluding hydrogens is 328 g/mol. The second kappa shape index (κ2) is 8.99. The van der Waals surface area contributed by atoms with Gasteiger partial charge in [-0.1, -0.05) is 19.4 Å². The van der Waals surface area contributed by atoms with Gasteiger partial charge in [-0.15, -0.1) is 0 Å². The average molecular weight is 356 g/mol. The highest BCUT2D eigenvalue weighted by Crippen LogP contribution is 2.29. The molecule has 2 aromatic rings. The summed E-state index contributed by atoms with van der Waals surface area (Å²) in [4.78, 5) is 17.5. The third kappa shape index (κ3) is 4.94. The van der Waals surface area contributed by atoms with Crippen LogP contribution in [0.4, 0.5) is 0 Å². The molecule has 5 heteroatoms. The van der Waals surface area contributed by atoms with Gasteiger partial charge in [0.2, 0.25) is 0 Å². The summed E-state index contributed by atoms with van der Waals surface area (Å²) in [5.41, 5.74) is 2.23. The number of rotatable bonds is 9. The van der Waals surface area contributed by atoms with Crippen LogP contribution in [0.25, 0.3) is 10.9 Å². The lowest BCUT2D eigenvalue weighted by Crippen LogP contribution is -2.26. The molecule has 1 aromatic carbocycles. The summed E-state index contributed by atoms with van der Waals surface area (Å²) < 4.78 is 6.35. The van der Waals surface area contributed by atoms with Gasteiger partial charge >= 0.3 is 5.97 Å². The number of carboxylic acid groups (broad SMARTS) is 1. The maximum Gasteiger partial charge on any atom is 0.303 e. The van der Waals surface area contributed by atoms with Crippen molar-refractivity contribution < 1.29 is 14.6 Å². The van der Waals surface area contributed by atoms with Crippen molar-refractivity contribution in [2.75, 3.05) is 19.6 Å². The highest BCUT2D eigenvalue weighted by Gasteiger charge is 2.24. The van der Waals surface area contributed by atoms with Gasteiger partial charge in [-0.05, 0) is 56.0 Å². The number of fused-ring (bicyclic) bond motifs is 1. The summed E-state index contributed by atoms with van der Waals surface area (Å²) in [6.07, 6.45) is 7.26. The van der Waals surface area contributed by atoms with Crippen LogP contribution >= 0.6 is 0 Å². The van der Waals surface area contributed by atoms with Crippen molar-refractivity contribution in [2.24, 2.45) is 0 Å². The van der Waals surface area contributed by atoms with Crippen LogP contribution in [0.2, 0.25) is 0 Å². The molecule has 0 unspecified atom stereocenters. The number of hydrogen-bond acceptors (Lipinski definition) is 4. The molecule has 3 rings (SSSR count). The van der Waals surface area contributed by atoms with Crippen molar-refractivity contribution in [3.8, 4) is 5.75 Å². The van der Waals surface area contributed by atoms with Crippen LogP contribution in [0.3, 0.4) is 0 Å². The Labute approximate surface area is 155 Å². The fourth-order valence-electron chi connectivity index (χ4n) is 3.56. The summed E-state index contributed by atoms with van der Waals surface area (Å²) >= 11 is 0. The number of carboxylic acids is 1. The van der Waals surface area contributed by atoms with Gasteiger partial charge < -0.3 is 9.84 Å². The molecule has 1 atom stereocenters. The number of unbranched alkanes of at least 4 members (excludes halogenated alkanes) is 1. The quantitative estimate of drug-likeness (QED) is 0.738. The number of likely N-dealkylation sites (tertiary alicyclic amines) is 1. The Morgan fingerprint density at radius 2 is 2.27 bits per heavy atom. The van der Waals surface area contributed by atoms with Crippen LogP contribution in [0.5, 0.6) is 5.75 Å². The SMILES string of the molecule is CCCCc1cc(O[C@@H]2CCN(CCCC(=O)O)C2)c2ncccc2c1. The van der Waals surface area contributed by atoms with E-state index in [-0.39, 0.29) is 12.5 Å². The zero-order chi connectivity index (χ0) is 18.4. The van der Waals surface area contributed by atoms with Crippen molar-refractivity contribution >= 4 is 16.9 Å². The summed E-state index contributed by atoms with van der Waals surface area (Å²) in [6.45, 7) is 4.84. The van der Waals surface area contributed by atoms with E-state index in [0.717, 1.165) is 49.1 Å². The van der Waals surface area contributed by atoms with E-state index < -0.39 is 5.97 Å². The number of aliphatic carboxylic acids is 1. The van der Waals surface area contributed by atoms with Crippen molar-refractivity contribution in [2.45, 2.75) is 51.6 Å². The van der Waals surface area contributed by atoms with Gasteiger partial charge in [-0.3, -0.25) is 14.7 Å². The van der Waals surface area contributed by atoms with E-state index >= 15 is 0 Å². The predicted octanol–water partition coefficient (Wildman–Crippen LogP) is 3.90. The summed E-state index contributed by atoms with van der Waals surface area (Å²) in [5, 5.41) is 9.90. The van der Waals surface area contributed by atoms with Gasteiger partial charge in [0.15, 0.2) is 0 Å². The number of hydrogen-bond donors (Lipinski definition) is 1. The smallest absolute Gasteiger partial charge is 0.303 e. The maximum atomic E-state index is 10.7. The van der Waals surface area contributed by atoms with Gasteiger partial charge in [0.25, 0.3) is 0 Å². The Kier molecular flexibility index (Phi) is 6.45. The monoisotopic (exact) mass is 356 g/mol. The first-order valence-corrected chi connectivity index (χ1v) is 9.64. The Morgan fingerprint density at radius 1 is 1.38 bits per heavy atom. The second-order valence-corrected chi connectivity index (χ2v) is 7.10. The van der Waals surface area contributed by atoms with E-state index in [4.69, 9.17) is 9.84 Å². The summed E-state index contributed by atoms with van der Waals surface area (Å²) in [6, 6.07) is 8.43. The highest BCUT2D eigenvalue weighted by molar-refractivity contribution is 5.85. The van der Waals surface area contributed by atoms with E-state index in [1.54, 1.807) is 0 Å². The Balaban J connectivity index is 1.67. The normalized spacial score (nSPS) is 17.7.